The van der Waals surface area contributed by atoms with Gasteiger partial charge in [-0.05, 0) is 44.5 Å². The Morgan fingerprint density at radius 3 is 2.50 bits per heavy atom. The number of likely N-dealkylation sites (N-methyl/N-ethyl adjacent to an activating group) is 1. The van der Waals surface area contributed by atoms with Crippen molar-refractivity contribution in [1.29, 1.82) is 0 Å². The molecule has 2 aromatic carbocycles. The number of nitrogens with zero attached hydrogens (tertiary/aromatic N) is 2. The highest BCUT2D eigenvalue weighted by atomic mass is 16.2. The first-order chi connectivity index (χ1) is 17.6. The van der Waals surface area contributed by atoms with Crippen LogP contribution in [0.25, 0.3) is 22.2 Å². The van der Waals surface area contributed by atoms with Gasteiger partial charge in [-0.25, -0.2) is 0 Å². The summed E-state index contributed by atoms with van der Waals surface area (Å²) in [6.45, 7) is 2.42. The monoisotopic (exact) mass is 481 g/mol. The van der Waals surface area contributed by atoms with E-state index in [-0.39, 0.29) is 17.9 Å². The van der Waals surface area contributed by atoms with Gasteiger partial charge in [0.1, 0.15) is 6.04 Å². The van der Waals surface area contributed by atoms with Crippen LogP contribution >= 0.6 is 0 Å². The lowest BCUT2D eigenvalue weighted by molar-refractivity contribution is -0.137. The number of hydrogen-bond donors (Lipinski definition) is 3. The molecule has 2 aromatic heterocycles. The normalized spacial score (nSPS) is 17.2. The van der Waals surface area contributed by atoms with Crippen LogP contribution in [-0.2, 0) is 9.59 Å². The molecule has 0 spiro atoms. The zero-order valence-corrected chi connectivity index (χ0v) is 20.6. The first-order valence-electron chi connectivity index (χ1n) is 12.4. The van der Waals surface area contributed by atoms with Crippen LogP contribution in [0, 0.1) is 0 Å². The molecule has 5 rings (SSSR count). The second-order valence-electron chi connectivity index (χ2n) is 9.27. The van der Waals surface area contributed by atoms with Gasteiger partial charge >= 0.3 is 0 Å². The molecule has 3 unspecified atom stereocenters. The van der Waals surface area contributed by atoms with Crippen molar-refractivity contribution in [2.75, 3.05) is 13.6 Å². The number of aromatic nitrogens is 2. The first-order valence-corrected chi connectivity index (χ1v) is 12.4. The number of carbonyl (C=O) groups excluding carboxylic acids is 2. The SMILES string of the molecule is CNC(C)C(=O)NC(C(=O)N1CCCC1c1cc2ccnc(-c3ccccc3)c2[nH]1)c1ccccc1. The fraction of sp³-hybridized carbons (Fsp3) is 0.276. The van der Waals surface area contributed by atoms with Gasteiger partial charge in [-0.1, -0.05) is 60.7 Å². The second-order valence-corrected chi connectivity index (χ2v) is 9.27. The highest BCUT2D eigenvalue weighted by Gasteiger charge is 2.36. The molecule has 3 N–H and O–H groups in total. The highest BCUT2D eigenvalue weighted by molar-refractivity contribution is 5.93. The van der Waals surface area contributed by atoms with E-state index < -0.39 is 12.1 Å². The largest absolute Gasteiger partial charge is 0.355 e. The molecule has 0 aliphatic carbocycles. The molecule has 0 bridgehead atoms. The number of amides is 2. The Morgan fingerprint density at radius 2 is 1.78 bits per heavy atom. The molecular weight excluding hydrogens is 450 g/mol. The zero-order valence-electron chi connectivity index (χ0n) is 20.6. The maximum atomic E-state index is 13.9. The summed E-state index contributed by atoms with van der Waals surface area (Å²) in [5, 5.41) is 6.99. The van der Waals surface area contributed by atoms with E-state index in [1.807, 2.05) is 77.8 Å². The molecule has 1 aliphatic rings. The molecular formula is C29H31N5O2. The maximum Gasteiger partial charge on any atom is 0.250 e. The number of H-pyrrole nitrogens is 1. The number of fused-ring (bicyclic) bond motifs is 1. The van der Waals surface area contributed by atoms with Crippen LogP contribution in [0.3, 0.4) is 0 Å². The average molecular weight is 482 g/mol. The predicted octanol–water partition coefficient (Wildman–Crippen LogP) is 4.36. The lowest BCUT2D eigenvalue weighted by Gasteiger charge is -2.30. The number of nitrogens with one attached hydrogen (secondary N) is 3. The standard InChI is InChI=1S/C29H31N5O2/c1-19(30-2)28(35)33-27(21-12-7-4-8-13-21)29(36)34-17-9-14-24(34)23-18-22-15-16-31-25(26(22)32-23)20-10-5-3-6-11-20/h3-8,10-13,15-16,18-19,24,27,30,32H,9,14,17H2,1-2H3,(H,33,35). The summed E-state index contributed by atoms with van der Waals surface area (Å²) >= 11 is 0. The van der Waals surface area contributed by atoms with Crippen LogP contribution in [0.5, 0.6) is 0 Å². The molecule has 2 amide bonds. The summed E-state index contributed by atoms with van der Waals surface area (Å²) in [6, 6.07) is 22.4. The van der Waals surface area contributed by atoms with E-state index >= 15 is 0 Å². The number of hydrogen-bond acceptors (Lipinski definition) is 4. The van der Waals surface area contributed by atoms with Gasteiger partial charge < -0.3 is 20.5 Å². The Hall–Kier alpha value is -3.97. The van der Waals surface area contributed by atoms with E-state index in [2.05, 4.69) is 26.7 Å². The summed E-state index contributed by atoms with van der Waals surface area (Å²) in [5.41, 5.74) is 4.67. The van der Waals surface area contributed by atoms with Gasteiger partial charge in [-0.2, -0.15) is 0 Å². The van der Waals surface area contributed by atoms with Crippen molar-refractivity contribution in [2.45, 2.75) is 37.9 Å². The number of likely N-dealkylation sites (tertiary alicyclic amines) is 1. The van der Waals surface area contributed by atoms with E-state index in [1.165, 1.54) is 0 Å². The molecule has 1 aliphatic heterocycles. The Bertz CT molecular complexity index is 1350. The van der Waals surface area contributed by atoms with Crippen molar-refractivity contribution < 1.29 is 9.59 Å². The van der Waals surface area contributed by atoms with Crippen LogP contribution < -0.4 is 10.6 Å². The minimum Gasteiger partial charge on any atom is -0.355 e. The van der Waals surface area contributed by atoms with Crippen LogP contribution in [-0.4, -0.2) is 46.3 Å². The van der Waals surface area contributed by atoms with Gasteiger partial charge in [0.15, 0.2) is 0 Å². The van der Waals surface area contributed by atoms with Crippen molar-refractivity contribution in [3.05, 3.63) is 90.3 Å². The van der Waals surface area contributed by atoms with Crippen LogP contribution in [0.1, 0.15) is 43.1 Å². The molecule has 1 saturated heterocycles. The number of aromatic amines is 1. The summed E-state index contributed by atoms with van der Waals surface area (Å²) in [4.78, 5) is 36.8. The Morgan fingerprint density at radius 1 is 1.06 bits per heavy atom. The summed E-state index contributed by atoms with van der Waals surface area (Å²) < 4.78 is 0. The van der Waals surface area contributed by atoms with Gasteiger partial charge in [0.2, 0.25) is 11.8 Å². The number of carbonyl (C=O) groups is 2. The smallest absolute Gasteiger partial charge is 0.250 e. The van der Waals surface area contributed by atoms with Crippen LogP contribution in [0.2, 0.25) is 0 Å². The van der Waals surface area contributed by atoms with Crippen molar-refractivity contribution in [3.63, 3.8) is 0 Å². The van der Waals surface area contributed by atoms with Gasteiger partial charge in [-0.15, -0.1) is 0 Å². The number of rotatable bonds is 7. The third-order valence-corrected chi connectivity index (χ3v) is 7.00. The van der Waals surface area contributed by atoms with Crippen LogP contribution in [0.15, 0.2) is 79.0 Å². The highest BCUT2D eigenvalue weighted by Crippen LogP contribution is 2.36. The molecule has 1 fully saturated rings. The van der Waals surface area contributed by atoms with Crippen molar-refractivity contribution in [3.8, 4) is 11.3 Å². The molecule has 0 radical (unpaired) electrons. The van der Waals surface area contributed by atoms with Gasteiger partial charge in [-0.3, -0.25) is 14.6 Å². The Balaban J connectivity index is 1.47. The molecule has 0 saturated carbocycles. The summed E-state index contributed by atoms with van der Waals surface area (Å²) in [6.07, 6.45) is 3.58. The number of benzene rings is 2. The maximum absolute atomic E-state index is 13.9. The molecule has 7 heteroatoms. The molecule has 3 heterocycles. The quantitative estimate of drug-likeness (QED) is 0.366. The Labute approximate surface area is 210 Å². The molecule has 36 heavy (non-hydrogen) atoms. The predicted molar refractivity (Wildman–Crippen MR) is 141 cm³/mol. The van der Waals surface area contributed by atoms with E-state index in [9.17, 15) is 9.59 Å². The summed E-state index contributed by atoms with van der Waals surface area (Å²) in [7, 11) is 1.73. The van der Waals surface area contributed by atoms with Gasteiger partial charge in [0.25, 0.3) is 0 Å². The van der Waals surface area contributed by atoms with Gasteiger partial charge in [0, 0.05) is 29.4 Å². The topological polar surface area (TPSA) is 90.1 Å². The van der Waals surface area contributed by atoms with E-state index in [4.69, 9.17) is 0 Å². The third-order valence-electron chi connectivity index (χ3n) is 7.00. The Kier molecular flexibility index (Phi) is 6.82. The van der Waals surface area contributed by atoms with Gasteiger partial charge in [0.05, 0.1) is 23.3 Å². The molecule has 184 valence electrons. The molecule has 3 atom stereocenters. The fourth-order valence-electron chi connectivity index (χ4n) is 4.92. The van der Waals surface area contributed by atoms with E-state index in [0.717, 1.165) is 46.3 Å². The van der Waals surface area contributed by atoms with Crippen molar-refractivity contribution in [1.82, 2.24) is 25.5 Å². The van der Waals surface area contributed by atoms with E-state index in [1.54, 1.807) is 14.0 Å². The third kappa shape index (κ3) is 4.62. The lowest BCUT2D eigenvalue weighted by atomic mass is 10.0. The average Bonchev–Trinajstić information content (AvgIpc) is 3.59. The lowest BCUT2D eigenvalue weighted by Crippen LogP contribution is -2.47. The first kappa shape index (κ1) is 23.8. The minimum atomic E-state index is -0.749. The van der Waals surface area contributed by atoms with Crippen molar-refractivity contribution >= 4 is 22.7 Å². The number of pyridine rings is 1. The second kappa shape index (κ2) is 10.3. The van der Waals surface area contributed by atoms with Crippen LogP contribution in [0.4, 0.5) is 0 Å². The van der Waals surface area contributed by atoms with E-state index in [0.29, 0.717) is 6.54 Å². The zero-order chi connectivity index (χ0) is 25.1. The molecule has 4 aromatic rings. The molecule has 7 nitrogen and oxygen atoms in total. The summed E-state index contributed by atoms with van der Waals surface area (Å²) in [5.74, 6) is -0.306. The minimum absolute atomic E-state index is 0.0968. The van der Waals surface area contributed by atoms with Crippen molar-refractivity contribution in [2.24, 2.45) is 0 Å². The fourth-order valence-corrected chi connectivity index (χ4v) is 4.92.